The molecule has 10 heavy (non-hydrogen) atoms. The van der Waals surface area contributed by atoms with Gasteiger partial charge in [0.25, 0.3) is 0 Å². The van der Waals surface area contributed by atoms with Gasteiger partial charge in [-0.05, 0) is 20.8 Å². The zero-order valence-corrected chi connectivity index (χ0v) is 6.38. The van der Waals surface area contributed by atoms with Crippen LogP contribution < -0.4 is 5.32 Å². The first-order chi connectivity index (χ1) is 4.34. The van der Waals surface area contributed by atoms with E-state index in [0.717, 1.165) is 0 Å². The van der Waals surface area contributed by atoms with E-state index in [1.807, 2.05) is 0 Å². The molecule has 3 N–H and O–H groups in total. The highest BCUT2D eigenvalue weighted by atomic mass is 16.4. The lowest BCUT2D eigenvalue weighted by molar-refractivity contribution is 0.0443. The van der Waals surface area contributed by atoms with Crippen LogP contribution in [0.25, 0.3) is 0 Å². The van der Waals surface area contributed by atoms with Crippen molar-refractivity contribution in [2.75, 3.05) is 0 Å². The van der Waals surface area contributed by atoms with Gasteiger partial charge in [0.15, 0.2) is 0 Å². The van der Waals surface area contributed by atoms with Crippen molar-refractivity contribution in [2.24, 2.45) is 0 Å². The number of hydrogen-bond donors (Lipinski definition) is 3. The van der Waals surface area contributed by atoms with Crippen molar-refractivity contribution in [3.05, 3.63) is 0 Å². The number of carbonyl (C=O) groups is 1. The standard InChI is InChI=1S/C6H13NO3/c1-4(6(2,3)10)7-5(8)9/h4,7,10H,1-3H3,(H,8,9)/t4-/m1/s1. The summed E-state index contributed by atoms with van der Waals surface area (Å²) in [6, 6.07) is -0.454. The van der Waals surface area contributed by atoms with Crippen LogP contribution in [0.4, 0.5) is 4.79 Å². The van der Waals surface area contributed by atoms with Gasteiger partial charge in [0.1, 0.15) is 0 Å². The van der Waals surface area contributed by atoms with Crippen molar-refractivity contribution in [3.8, 4) is 0 Å². The SMILES string of the molecule is C[C@@H](NC(=O)O)C(C)(C)O. The highest BCUT2D eigenvalue weighted by molar-refractivity contribution is 5.64. The third-order valence-electron chi connectivity index (χ3n) is 1.40. The van der Waals surface area contributed by atoms with Gasteiger partial charge in [-0.3, -0.25) is 0 Å². The Kier molecular flexibility index (Phi) is 2.65. The summed E-state index contributed by atoms with van der Waals surface area (Å²) in [6.45, 7) is 4.70. The Hall–Kier alpha value is -0.770. The number of hydrogen-bond acceptors (Lipinski definition) is 2. The van der Waals surface area contributed by atoms with Gasteiger partial charge in [-0.2, -0.15) is 0 Å². The Bertz CT molecular complexity index is 127. The van der Waals surface area contributed by atoms with Crippen LogP contribution in [0.15, 0.2) is 0 Å². The van der Waals surface area contributed by atoms with E-state index in [2.05, 4.69) is 5.32 Å². The fourth-order valence-electron chi connectivity index (χ4n) is 0.362. The first-order valence-electron chi connectivity index (χ1n) is 3.06. The number of amides is 1. The van der Waals surface area contributed by atoms with Crippen molar-refractivity contribution >= 4 is 6.09 Å². The fraction of sp³-hybridized carbons (Fsp3) is 0.833. The quantitative estimate of drug-likeness (QED) is 0.530. The van der Waals surface area contributed by atoms with Gasteiger partial charge < -0.3 is 15.5 Å². The smallest absolute Gasteiger partial charge is 0.404 e. The average Bonchev–Trinajstić information content (AvgIpc) is 1.60. The number of aliphatic hydroxyl groups is 1. The van der Waals surface area contributed by atoms with Crippen molar-refractivity contribution in [3.63, 3.8) is 0 Å². The van der Waals surface area contributed by atoms with E-state index < -0.39 is 17.7 Å². The first-order valence-corrected chi connectivity index (χ1v) is 3.06. The molecule has 0 saturated heterocycles. The molecule has 0 heterocycles. The predicted molar refractivity (Wildman–Crippen MR) is 36.9 cm³/mol. The molecule has 0 fully saturated rings. The summed E-state index contributed by atoms with van der Waals surface area (Å²) in [5, 5.41) is 19.6. The second-order valence-corrected chi connectivity index (χ2v) is 2.82. The molecule has 0 aromatic carbocycles. The van der Waals surface area contributed by atoms with Crippen molar-refractivity contribution < 1.29 is 15.0 Å². The lowest BCUT2D eigenvalue weighted by atomic mass is 10.0. The lowest BCUT2D eigenvalue weighted by Crippen LogP contribution is -2.46. The Morgan fingerprint density at radius 2 is 2.00 bits per heavy atom. The summed E-state index contributed by atoms with van der Waals surface area (Å²) in [5.74, 6) is 0. The maximum absolute atomic E-state index is 10.0. The Morgan fingerprint density at radius 1 is 1.60 bits per heavy atom. The van der Waals surface area contributed by atoms with E-state index in [-0.39, 0.29) is 0 Å². The van der Waals surface area contributed by atoms with Crippen LogP contribution in [-0.2, 0) is 0 Å². The maximum atomic E-state index is 10.0. The van der Waals surface area contributed by atoms with Crippen LogP contribution >= 0.6 is 0 Å². The third-order valence-corrected chi connectivity index (χ3v) is 1.40. The minimum atomic E-state index is -1.12. The second kappa shape index (κ2) is 2.88. The summed E-state index contributed by atoms with van der Waals surface area (Å²) < 4.78 is 0. The minimum Gasteiger partial charge on any atom is -0.465 e. The molecule has 0 bridgehead atoms. The van der Waals surface area contributed by atoms with Crippen molar-refractivity contribution in [1.82, 2.24) is 5.32 Å². The molecule has 0 aliphatic heterocycles. The molecule has 0 unspecified atom stereocenters. The summed E-state index contributed by atoms with van der Waals surface area (Å²) >= 11 is 0. The van der Waals surface area contributed by atoms with Gasteiger partial charge in [0, 0.05) is 0 Å². The van der Waals surface area contributed by atoms with Crippen LogP contribution in [0, 0.1) is 0 Å². The summed E-state index contributed by atoms with van der Waals surface area (Å²) in [6.07, 6.45) is -1.12. The van der Waals surface area contributed by atoms with Gasteiger partial charge >= 0.3 is 6.09 Å². The molecule has 0 aliphatic rings. The van der Waals surface area contributed by atoms with Crippen LogP contribution in [-0.4, -0.2) is 27.9 Å². The number of carboxylic acid groups (broad SMARTS) is 1. The first kappa shape index (κ1) is 9.23. The van der Waals surface area contributed by atoms with E-state index in [4.69, 9.17) is 5.11 Å². The molecule has 0 aromatic heterocycles. The highest BCUT2D eigenvalue weighted by Gasteiger charge is 2.23. The van der Waals surface area contributed by atoms with Crippen molar-refractivity contribution in [2.45, 2.75) is 32.4 Å². The largest absolute Gasteiger partial charge is 0.465 e. The van der Waals surface area contributed by atoms with E-state index in [1.165, 1.54) is 0 Å². The molecule has 0 aromatic rings. The van der Waals surface area contributed by atoms with Gasteiger partial charge in [0.2, 0.25) is 0 Å². The molecule has 4 heteroatoms. The van der Waals surface area contributed by atoms with Gasteiger partial charge in [-0.1, -0.05) is 0 Å². The summed E-state index contributed by atoms with van der Waals surface area (Å²) in [7, 11) is 0. The average molecular weight is 147 g/mol. The van der Waals surface area contributed by atoms with Gasteiger partial charge in [0.05, 0.1) is 11.6 Å². The molecule has 0 aliphatic carbocycles. The summed E-state index contributed by atoms with van der Waals surface area (Å²) in [5.41, 5.74) is -1.00. The molecule has 0 radical (unpaired) electrons. The molecule has 1 atom stereocenters. The van der Waals surface area contributed by atoms with Gasteiger partial charge in [-0.25, -0.2) is 4.79 Å². The van der Waals surface area contributed by atoms with Crippen LogP contribution in [0.3, 0.4) is 0 Å². The monoisotopic (exact) mass is 147 g/mol. The van der Waals surface area contributed by atoms with Crippen LogP contribution in [0.2, 0.25) is 0 Å². The zero-order chi connectivity index (χ0) is 8.36. The third kappa shape index (κ3) is 3.29. The van der Waals surface area contributed by atoms with Crippen LogP contribution in [0.1, 0.15) is 20.8 Å². The Labute approximate surface area is 59.9 Å². The topological polar surface area (TPSA) is 69.6 Å². The normalized spacial score (nSPS) is 14.4. The van der Waals surface area contributed by atoms with Crippen LogP contribution in [0.5, 0.6) is 0 Å². The summed E-state index contributed by atoms with van der Waals surface area (Å²) in [4.78, 5) is 10.0. The van der Waals surface area contributed by atoms with E-state index in [0.29, 0.717) is 0 Å². The van der Waals surface area contributed by atoms with E-state index in [1.54, 1.807) is 20.8 Å². The Balaban J connectivity index is 3.85. The molecule has 0 spiro atoms. The molecule has 0 saturated carbocycles. The predicted octanol–water partition coefficient (Wildman–Crippen LogP) is 0.413. The molecular formula is C6H13NO3. The molecule has 4 nitrogen and oxygen atoms in total. The molecule has 0 rings (SSSR count). The van der Waals surface area contributed by atoms with Crippen molar-refractivity contribution in [1.29, 1.82) is 0 Å². The molecule has 60 valence electrons. The molecule has 1 amide bonds. The zero-order valence-electron chi connectivity index (χ0n) is 6.38. The van der Waals surface area contributed by atoms with Gasteiger partial charge in [-0.15, -0.1) is 0 Å². The second-order valence-electron chi connectivity index (χ2n) is 2.82. The lowest BCUT2D eigenvalue weighted by Gasteiger charge is -2.25. The fourth-order valence-corrected chi connectivity index (χ4v) is 0.362. The molecular weight excluding hydrogens is 134 g/mol. The Morgan fingerprint density at radius 3 is 2.10 bits per heavy atom. The number of rotatable bonds is 2. The van der Waals surface area contributed by atoms with E-state index >= 15 is 0 Å². The maximum Gasteiger partial charge on any atom is 0.404 e. The highest BCUT2D eigenvalue weighted by Crippen LogP contribution is 2.06. The number of nitrogens with one attached hydrogen (secondary N) is 1. The van der Waals surface area contributed by atoms with E-state index in [9.17, 15) is 9.90 Å². The minimum absolute atomic E-state index is 0.454.